The monoisotopic (exact) mass is 187 g/mol. The van der Waals surface area contributed by atoms with Crippen LogP contribution in [-0.4, -0.2) is 36.5 Å². The van der Waals surface area contributed by atoms with E-state index in [-0.39, 0.29) is 18.2 Å². The number of methoxy groups -OCH3 is 1. The van der Waals surface area contributed by atoms with Gasteiger partial charge in [0, 0.05) is 19.2 Å². The van der Waals surface area contributed by atoms with E-state index < -0.39 is 0 Å². The van der Waals surface area contributed by atoms with Gasteiger partial charge in [-0.25, -0.2) is 0 Å². The highest BCUT2D eigenvalue weighted by molar-refractivity contribution is 4.85. The van der Waals surface area contributed by atoms with Crippen molar-refractivity contribution in [1.82, 2.24) is 5.32 Å². The van der Waals surface area contributed by atoms with Gasteiger partial charge in [-0.2, -0.15) is 0 Å². The number of nitrogens with one attached hydrogen (secondary N) is 1. The molecule has 3 nitrogen and oxygen atoms in total. The van der Waals surface area contributed by atoms with Crippen molar-refractivity contribution in [3.05, 3.63) is 0 Å². The van der Waals surface area contributed by atoms with E-state index in [2.05, 4.69) is 12.2 Å². The van der Waals surface area contributed by atoms with Crippen LogP contribution in [0.3, 0.4) is 0 Å². The van der Waals surface area contributed by atoms with Crippen LogP contribution >= 0.6 is 0 Å². The van der Waals surface area contributed by atoms with Crippen LogP contribution in [0.1, 0.15) is 33.1 Å². The van der Waals surface area contributed by atoms with E-state index in [0.29, 0.717) is 6.04 Å². The lowest BCUT2D eigenvalue weighted by molar-refractivity contribution is 0.0713. The molecular formula is C10H21NO2. The molecule has 0 aliphatic heterocycles. The van der Waals surface area contributed by atoms with Crippen LogP contribution in [0.2, 0.25) is 0 Å². The van der Waals surface area contributed by atoms with E-state index in [1.165, 1.54) is 0 Å². The van der Waals surface area contributed by atoms with E-state index in [1.54, 1.807) is 7.11 Å². The predicted molar refractivity (Wildman–Crippen MR) is 52.7 cm³/mol. The zero-order valence-electron chi connectivity index (χ0n) is 8.79. The summed E-state index contributed by atoms with van der Waals surface area (Å²) in [6, 6.07) is 0.579. The Kier molecular flexibility index (Phi) is 4.16. The smallest absolute Gasteiger partial charge is 0.0693 e. The fraction of sp³-hybridized carbons (Fsp3) is 1.00. The van der Waals surface area contributed by atoms with Crippen LogP contribution in [0.25, 0.3) is 0 Å². The van der Waals surface area contributed by atoms with E-state index in [4.69, 9.17) is 4.74 Å². The lowest BCUT2D eigenvalue weighted by Crippen LogP contribution is -2.46. The summed E-state index contributed by atoms with van der Waals surface area (Å²) in [5, 5.41) is 13.0. The zero-order valence-corrected chi connectivity index (χ0v) is 8.79. The molecule has 0 aromatic rings. The maximum Gasteiger partial charge on any atom is 0.0693 e. The summed E-state index contributed by atoms with van der Waals surface area (Å²) >= 11 is 0. The highest BCUT2D eigenvalue weighted by atomic mass is 16.5. The summed E-state index contributed by atoms with van der Waals surface area (Å²) in [5.41, 5.74) is 0. The zero-order chi connectivity index (χ0) is 9.84. The summed E-state index contributed by atoms with van der Waals surface area (Å²) in [6.45, 7) is 4.14. The highest BCUT2D eigenvalue weighted by Crippen LogP contribution is 2.19. The van der Waals surface area contributed by atoms with Crippen LogP contribution in [-0.2, 0) is 4.74 Å². The number of aliphatic hydroxyl groups is 1. The molecule has 2 N–H and O–H groups in total. The van der Waals surface area contributed by atoms with Gasteiger partial charge in [-0.05, 0) is 33.1 Å². The molecule has 0 amide bonds. The van der Waals surface area contributed by atoms with Crippen LogP contribution in [0.4, 0.5) is 0 Å². The molecular weight excluding hydrogens is 166 g/mol. The second-order valence-corrected chi connectivity index (χ2v) is 4.00. The minimum atomic E-state index is -0.161. The van der Waals surface area contributed by atoms with Crippen molar-refractivity contribution >= 4 is 0 Å². The number of ether oxygens (including phenoxy) is 1. The lowest BCUT2D eigenvalue weighted by atomic mass is 10.1. The molecule has 1 saturated carbocycles. The van der Waals surface area contributed by atoms with Crippen molar-refractivity contribution in [3.8, 4) is 0 Å². The van der Waals surface area contributed by atoms with Crippen molar-refractivity contribution in [2.45, 2.75) is 57.4 Å². The summed E-state index contributed by atoms with van der Waals surface area (Å²) in [4.78, 5) is 0. The SMILES string of the molecule is COC(C)C(C)NC1CCCC1O. The van der Waals surface area contributed by atoms with Crippen molar-refractivity contribution < 1.29 is 9.84 Å². The Morgan fingerprint density at radius 1 is 1.38 bits per heavy atom. The summed E-state index contributed by atoms with van der Waals surface area (Å²) in [7, 11) is 1.72. The molecule has 1 rings (SSSR count). The third-order valence-electron chi connectivity index (χ3n) is 3.03. The van der Waals surface area contributed by atoms with E-state index in [1.807, 2.05) is 6.92 Å². The molecule has 0 saturated heterocycles. The molecule has 0 radical (unpaired) electrons. The third-order valence-corrected chi connectivity index (χ3v) is 3.03. The minimum Gasteiger partial charge on any atom is -0.392 e. The standard InChI is InChI=1S/C10H21NO2/c1-7(8(2)13-3)11-9-5-4-6-10(9)12/h7-12H,4-6H2,1-3H3. The average molecular weight is 187 g/mol. The van der Waals surface area contributed by atoms with Crippen LogP contribution in [0, 0.1) is 0 Å². The number of aliphatic hydroxyl groups excluding tert-OH is 1. The molecule has 1 aliphatic carbocycles. The van der Waals surface area contributed by atoms with Gasteiger partial charge in [0.15, 0.2) is 0 Å². The molecule has 4 atom stereocenters. The maximum absolute atomic E-state index is 9.59. The molecule has 0 bridgehead atoms. The van der Waals surface area contributed by atoms with Gasteiger partial charge >= 0.3 is 0 Å². The Labute approximate surface area is 80.5 Å². The lowest BCUT2D eigenvalue weighted by Gasteiger charge is -2.25. The fourth-order valence-corrected chi connectivity index (χ4v) is 1.81. The van der Waals surface area contributed by atoms with Gasteiger partial charge in [0.05, 0.1) is 12.2 Å². The van der Waals surface area contributed by atoms with E-state index in [9.17, 15) is 5.11 Å². The second kappa shape index (κ2) is 4.94. The molecule has 1 aliphatic rings. The van der Waals surface area contributed by atoms with Gasteiger partial charge in [-0.15, -0.1) is 0 Å². The third kappa shape index (κ3) is 2.93. The van der Waals surface area contributed by atoms with E-state index in [0.717, 1.165) is 19.3 Å². The second-order valence-electron chi connectivity index (χ2n) is 4.00. The quantitative estimate of drug-likeness (QED) is 0.687. The first-order valence-electron chi connectivity index (χ1n) is 5.12. The minimum absolute atomic E-state index is 0.161. The Bertz CT molecular complexity index is 152. The summed E-state index contributed by atoms with van der Waals surface area (Å²) in [5.74, 6) is 0. The first-order chi connectivity index (χ1) is 6.15. The largest absolute Gasteiger partial charge is 0.392 e. The highest BCUT2D eigenvalue weighted by Gasteiger charge is 2.27. The first-order valence-corrected chi connectivity index (χ1v) is 5.12. The Hall–Kier alpha value is -0.120. The number of hydrogen-bond acceptors (Lipinski definition) is 3. The molecule has 0 aromatic heterocycles. The molecule has 0 spiro atoms. The summed E-state index contributed by atoms with van der Waals surface area (Å²) < 4.78 is 5.21. The average Bonchev–Trinajstić information content (AvgIpc) is 2.50. The molecule has 4 unspecified atom stereocenters. The van der Waals surface area contributed by atoms with Crippen molar-refractivity contribution in [1.29, 1.82) is 0 Å². The van der Waals surface area contributed by atoms with Crippen LogP contribution in [0.15, 0.2) is 0 Å². The number of rotatable bonds is 4. The van der Waals surface area contributed by atoms with Gasteiger partial charge in [0.2, 0.25) is 0 Å². The molecule has 0 heterocycles. The van der Waals surface area contributed by atoms with Gasteiger partial charge in [0.25, 0.3) is 0 Å². The predicted octanol–water partition coefficient (Wildman–Crippen LogP) is 0.913. The number of hydrogen-bond donors (Lipinski definition) is 2. The molecule has 78 valence electrons. The first kappa shape index (κ1) is 11.0. The molecule has 1 fully saturated rings. The van der Waals surface area contributed by atoms with Crippen molar-refractivity contribution in [2.75, 3.05) is 7.11 Å². The molecule has 13 heavy (non-hydrogen) atoms. The van der Waals surface area contributed by atoms with Gasteiger partial charge in [0.1, 0.15) is 0 Å². The van der Waals surface area contributed by atoms with Gasteiger partial charge < -0.3 is 15.2 Å². The topological polar surface area (TPSA) is 41.5 Å². The van der Waals surface area contributed by atoms with Gasteiger partial charge in [-0.3, -0.25) is 0 Å². The molecule has 3 heteroatoms. The van der Waals surface area contributed by atoms with Gasteiger partial charge in [-0.1, -0.05) is 0 Å². The van der Waals surface area contributed by atoms with Crippen LogP contribution in [0.5, 0.6) is 0 Å². The Morgan fingerprint density at radius 2 is 2.08 bits per heavy atom. The van der Waals surface area contributed by atoms with Crippen molar-refractivity contribution in [3.63, 3.8) is 0 Å². The van der Waals surface area contributed by atoms with E-state index >= 15 is 0 Å². The summed E-state index contributed by atoms with van der Waals surface area (Å²) in [6.07, 6.45) is 3.19. The maximum atomic E-state index is 9.59. The Balaban J connectivity index is 2.30. The molecule has 0 aromatic carbocycles. The van der Waals surface area contributed by atoms with Crippen LogP contribution < -0.4 is 5.32 Å². The Morgan fingerprint density at radius 3 is 2.54 bits per heavy atom. The van der Waals surface area contributed by atoms with Crippen molar-refractivity contribution in [2.24, 2.45) is 0 Å². The normalized spacial score (nSPS) is 33.2. The fourth-order valence-electron chi connectivity index (χ4n) is 1.81.